The molecule has 15 heavy (non-hydrogen) atoms. The molecular weight excluding hydrogens is 182 g/mol. The van der Waals surface area contributed by atoms with E-state index >= 15 is 0 Å². The molecule has 0 saturated carbocycles. The lowest BCUT2D eigenvalue weighted by atomic mass is 10.2. The normalized spacial score (nSPS) is 6.80. The number of nitrogens with one attached hydrogen (secondary N) is 1. The summed E-state index contributed by atoms with van der Waals surface area (Å²) in [5.74, 6) is 1.56. The van der Waals surface area contributed by atoms with E-state index in [1.807, 2.05) is 0 Å². The molecule has 1 nitrogen and oxygen atoms in total. The molecule has 0 aromatic carbocycles. The summed E-state index contributed by atoms with van der Waals surface area (Å²) in [7, 11) is 0. The molecule has 0 heterocycles. The maximum atomic E-state index is 3.38. The Morgan fingerprint density at radius 1 is 0.600 bits per heavy atom. The van der Waals surface area contributed by atoms with Crippen molar-refractivity contribution < 1.29 is 0 Å². The molecule has 0 aliphatic heterocycles. The molecule has 0 aliphatic carbocycles. The third-order valence-corrected chi connectivity index (χ3v) is 1.11. The molecule has 104 valence electrons. The lowest BCUT2D eigenvalue weighted by Crippen LogP contribution is -2.23. The Balaban J connectivity index is -0.0000000213. The van der Waals surface area contributed by atoms with Crippen LogP contribution in [0.3, 0.4) is 0 Å². The molecule has 0 rings (SSSR count). The highest BCUT2D eigenvalue weighted by atomic mass is 14.9. The molecule has 1 heteroatoms. The standard InChI is InChI=1S/C8H19N.6CH4/c1-7(2)5-9-6-8(3)4;;;;;;/h7-9H,5-6H2,1-4H3;6*1H4. The largest absolute Gasteiger partial charge is 0.316 e. The summed E-state index contributed by atoms with van der Waals surface area (Å²) in [4.78, 5) is 0. The molecule has 0 bridgehead atoms. The van der Waals surface area contributed by atoms with Gasteiger partial charge in [0.1, 0.15) is 0 Å². The van der Waals surface area contributed by atoms with Crippen LogP contribution in [0.1, 0.15) is 72.3 Å². The average Bonchev–Trinajstić information content (AvgIpc) is 1.63. The van der Waals surface area contributed by atoms with Crippen LogP contribution in [0.2, 0.25) is 0 Å². The molecule has 0 fully saturated rings. The molecule has 0 aromatic rings. The Hall–Kier alpha value is -0.0400. The second-order valence-electron chi connectivity index (χ2n) is 3.45. The minimum Gasteiger partial charge on any atom is -0.316 e. The van der Waals surface area contributed by atoms with Gasteiger partial charge in [0.15, 0.2) is 0 Å². The topological polar surface area (TPSA) is 12.0 Å². The maximum absolute atomic E-state index is 3.38. The first-order valence-electron chi connectivity index (χ1n) is 3.83. The molecule has 0 radical (unpaired) electrons. The predicted octanol–water partition coefficient (Wildman–Crippen LogP) is 5.70. The molecule has 0 saturated heterocycles. The van der Waals surface area contributed by atoms with E-state index in [2.05, 4.69) is 33.0 Å². The first kappa shape index (κ1) is 46.0. The molecule has 0 spiro atoms. The van der Waals surface area contributed by atoms with E-state index in [4.69, 9.17) is 0 Å². The Bertz CT molecular complexity index is 50.4. The SMILES string of the molecule is C.C.C.C.C.C.CC(C)CNCC(C)C. The smallest absolute Gasteiger partial charge is 0.00257 e. The van der Waals surface area contributed by atoms with Crippen LogP contribution < -0.4 is 5.32 Å². The van der Waals surface area contributed by atoms with Crippen LogP contribution in [-0.4, -0.2) is 13.1 Å². The van der Waals surface area contributed by atoms with Gasteiger partial charge in [-0.1, -0.05) is 72.3 Å². The monoisotopic (exact) mass is 225 g/mol. The van der Waals surface area contributed by atoms with E-state index < -0.39 is 0 Å². The van der Waals surface area contributed by atoms with Gasteiger partial charge >= 0.3 is 0 Å². The quantitative estimate of drug-likeness (QED) is 0.646. The summed E-state index contributed by atoms with van der Waals surface area (Å²) in [6, 6.07) is 0. The second kappa shape index (κ2) is 29.2. The van der Waals surface area contributed by atoms with Gasteiger partial charge in [-0.25, -0.2) is 0 Å². The van der Waals surface area contributed by atoms with Crippen molar-refractivity contribution in [3.05, 3.63) is 0 Å². The van der Waals surface area contributed by atoms with Crippen LogP contribution in [0, 0.1) is 11.8 Å². The van der Waals surface area contributed by atoms with Crippen LogP contribution in [0.25, 0.3) is 0 Å². The number of rotatable bonds is 4. The lowest BCUT2D eigenvalue weighted by Gasteiger charge is -2.08. The van der Waals surface area contributed by atoms with E-state index in [9.17, 15) is 0 Å². The van der Waals surface area contributed by atoms with Crippen molar-refractivity contribution >= 4 is 0 Å². The van der Waals surface area contributed by atoms with Crippen molar-refractivity contribution in [3.8, 4) is 0 Å². The van der Waals surface area contributed by atoms with E-state index in [0.29, 0.717) is 0 Å². The van der Waals surface area contributed by atoms with Gasteiger partial charge in [-0.2, -0.15) is 0 Å². The summed E-state index contributed by atoms with van der Waals surface area (Å²) < 4.78 is 0. The molecular formula is C14H43N. The first-order chi connectivity index (χ1) is 4.13. The minimum absolute atomic E-state index is 0. The Labute approximate surface area is 103 Å². The van der Waals surface area contributed by atoms with Crippen molar-refractivity contribution in [2.45, 2.75) is 72.3 Å². The van der Waals surface area contributed by atoms with Gasteiger partial charge in [0.25, 0.3) is 0 Å². The van der Waals surface area contributed by atoms with Crippen molar-refractivity contribution in [3.63, 3.8) is 0 Å². The third-order valence-electron chi connectivity index (χ3n) is 1.11. The zero-order valence-corrected chi connectivity index (χ0v) is 7.07. The Kier molecular flexibility index (Phi) is 89.6. The summed E-state index contributed by atoms with van der Waals surface area (Å²) in [5, 5.41) is 3.38. The zero-order valence-electron chi connectivity index (χ0n) is 7.07. The second-order valence-corrected chi connectivity index (χ2v) is 3.45. The molecule has 0 aromatic heterocycles. The number of hydrogen-bond donors (Lipinski definition) is 1. The van der Waals surface area contributed by atoms with Gasteiger partial charge in [0, 0.05) is 0 Å². The summed E-state index contributed by atoms with van der Waals surface area (Å²) in [6.07, 6.45) is 0. The van der Waals surface area contributed by atoms with Gasteiger partial charge in [0.2, 0.25) is 0 Å². The zero-order chi connectivity index (χ0) is 7.28. The fourth-order valence-corrected chi connectivity index (χ4v) is 0.661. The Morgan fingerprint density at radius 2 is 0.800 bits per heavy atom. The predicted molar refractivity (Wildman–Crippen MR) is 82.9 cm³/mol. The van der Waals surface area contributed by atoms with Gasteiger partial charge < -0.3 is 5.32 Å². The highest BCUT2D eigenvalue weighted by molar-refractivity contribution is 4.52. The van der Waals surface area contributed by atoms with E-state index in [1.54, 1.807) is 0 Å². The lowest BCUT2D eigenvalue weighted by molar-refractivity contribution is 0.497. The van der Waals surface area contributed by atoms with Gasteiger partial charge in [0.05, 0.1) is 0 Å². The van der Waals surface area contributed by atoms with Crippen LogP contribution in [0.5, 0.6) is 0 Å². The summed E-state index contributed by atoms with van der Waals surface area (Å²) >= 11 is 0. The summed E-state index contributed by atoms with van der Waals surface area (Å²) in [5.41, 5.74) is 0. The molecule has 0 unspecified atom stereocenters. The molecule has 1 N–H and O–H groups in total. The van der Waals surface area contributed by atoms with E-state index in [1.165, 1.54) is 0 Å². The van der Waals surface area contributed by atoms with Crippen molar-refractivity contribution in [1.29, 1.82) is 0 Å². The van der Waals surface area contributed by atoms with Gasteiger partial charge in [-0.15, -0.1) is 0 Å². The number of hydrogen-bond acceptors (Lipinski definition) is 1. The third kappa shape index (κ3) is 56.2. The van der Waals surface area contributed by atoms with E-state index in [-0.39, 0.29) is 44.6 Å². The van der Waals surface area contributed by atoms with Crippen LogP contribution >= 0.6 is 0 Å². The Morgan fingerprint density at radius 3 is 0.933 bits per heavy atom. The minimum atomic E-state index is 0. The molecule has 0 amide bonds. The van der Waals surface area contributed by atoms with Gasteiger partial charge in [-0.05, 0) is 24.9 Å². The van der Waals surface area contributed by atoms with Crippen LogP contribution in [0.15, 0.2) is 0 Å². The fourth-order valence-electron chi connectivity index (χ4n) is 0.661. The van der Waals surface area contributed by atoms with E-state index in [0.717, 1.165) is 24.9 Å². The van der Waals surface area contributed by atoms with Crippen molar-refractivity contribution in [2.75, 3.05) is 13.1 Å². The van der Waals surface area contributed by atoms with Crippen molar-refractivity contribution in [1.82, 2.24) is 5.32 Å². The van der Waals surface area contributed by atoms with Crippen LogP contribution in [-0.2, 0) is 0 Å². The first-order valence-corrected chi connectivity index (χ1v) is 3.83. The van der Waals surface area contributed by atoms with Gasteiger partial charge in [-0.3, -0.25) is 0 Å². The highest BCUT2D eigenvalue weighted by Gasteiger charge is 1.93. The summed E-state index contributed by atoms with van der Waals surface area (Å²) in [6.45, 7) is 11.2. The average molecular weight is 226 g/mol. The fraction of sp³-hybridized carbons (Fsp3) is 1.00. The van der Waals surface area contributed by atoms with Crippen molar-refractivity contribution in [2.24, 2.45) is 11.8 Å². The maximum Gasteiger partial charge on any atom is -0.00257 e. The molecule has 0 atom stereocenters. The van der Waals surface area contributed by atoms with Crippen LogP contribution in [0.4, 0.5) is 0 Å². The molecule has 0 aliphatic rings. The highest BCUT2D eigenvalue weighted by Crippen LogP contribution is 1.90.